The van der Waals surface area contributed by atoms with Gasteiger partial charge in [-0.1, -0.05) is 23.9 Å². The van der Waals surface area contributed by atoms with E-state index in [0.29, 0.717) is 22.7 Å². The fourth-order valence-electron chi connectivity index (χ4n) is 2.73. The number of aromatic nitrogens is 2. The van der Waals surface area contributed by atoms with Gasteiger partial charge in [-0.05, 0) is 49.2 Å². The minimum atomic E-state index is -0.623. The van der Waals surface area contributed by atoms with Crippen LogP contribution in [-0.2, 0) is 0 Å². The van der Waals surface area contributed by atoms with E-state index in [2.05, 4.69) is 15.3 Å². The van der Waals surface area contributed by atoms with Crippen molar-refractivity contribution < 1.29 is 14.6 Å². The van der Waals surface area contributed by atoms with E-state index in [4.69, 9.17) is 9.47 Å². The zero-order chi connectivity index (χ0) is 19.3. The Balaban J connectivity index is 1.36. The summed E-state index contributed by atoms with van der Waals surface area (Å²) in [5.74, 6) is 2.80. The maximum atomic E-state index is 10.3. The zero-order valence-electron chi connectivity index (χ0n) is 15.7. The fourth-order valence-corrected chi connectivity index (χ4v) is 3.49. The van der Waals surface area contributed by atoms with Gasteiger partial charge in [-0.2, -0.15) is 0 Å². The Morgan fingerprint density at radius 3 is 2.61 bits per heavy atom. The summed E-state index contributed by atoms with van der Waals surface area (Å²) < 4.78 is 10.8. The van der Waals surface area contributed by atoms with Crippen LogP contribution in [0.5, 0.6) is 11.5 Å². The quantitative estimate of drug-likeness (QED) is 0.421. The summed E-state index contributed by atoms with van der Waals surface area (Å²) in [6.45, 7) is 0.208. The van der Waals surface area contributed by atoms with E-state index >= 15 is 0 Å². The Hall–Kier alpha value is -2.51. The topological polar surface area (TPSA) is 76.5 Å². The predicted molar refractivity (Wildman–Crippen MR) is 111 cm³/mol. The normalized spacial score (nSPS) is 14.6. The molecule has 4 rings (SSSR count). The Labute approximate surface area is 168 Å². The van der Waals surface area contributed by atoms with E-state index in [1.807, 2.05) is 48.5 Å². The number of aliphatic hydroxyl groups is 1. The number of hydrogen-bond acceptors (Lipinski definition) is 7. The van der Waals surface area contributed by atoms with Crippen LogP contribution in [0.4, 0.5) is 5.82 Å². The van der Waals surface area contributed by atoms with E-state index in [1.165, 1.54) is 24.6 Å². The minimum Gasteiger partial charge on any atom is -0.497 e. The third kappa shape index (κ3) is 4.85. The lowest BCUT2D eigenvalue weighted by atomic mass is 10.2. The van der Waals surface area contributed by atoms with Gasteiger partial charge in [0.05, 0.1) is 18.7 Å². The van der Waals surface area contributed by atoms with Gasteiger partial charge in [-0.3, -0.25) is 0 Å². The molecule has 1 aliphatic carbocycles. The Kier molecular flexibility index (Phi) is 5.83. The van der Waals surface area contributed by atoms with Crippen molar-refractivity contribution in [1.82, 2.24) is 9.97 Å². The molecule has 2 N–H and O–H groups in total. The largest absolute Gasteiger partial charge is 0.497 e. The molecule has 0 bridgehead atoms. The van der Waals surface area contributed by atoms with Gasteiger partial charge >= 0.3 is 0 Å². The SMILES string of the molecule is COc1ccc(OC[C@H](O)CSc2nc(NC3CC3)c3ccccc3n2)cc1. The summed E-state index contributed by atoms with van der Waals surface area (Å²) in [4.78, 5) is 9.28. The van der Waals surface area contributed by atoms with Crippen LogP contribution in [0.1, 0.15) is 12.8 Å². The fraction of sp³-hybridized carbons (Fsp3) is 0.333. The van der Waals surface area contributed by atoms with Crippen LogP contribution >= 0.6 is 11.8 Å². The molecule has 1 saturated carbocycles. The zero-order valence-corrected chi connectivity index (χ0v) is 16.5. The van der Waals surface area contributed by atoms with Crippen molar-refractivity contribution in [3.05, 3.63) is 48.5 Å². The summed E-state index contributed by atoms with van der Waals surface area (Å²) in [6.07, 6.45) is 1.74. The summed E-state index contributed by atoms with van der Waals surface area (Å²) in [7, 11) is 1.62. The van der Waals surface area contributed by atoms with Gasteiger partial charge in [0.2, 0.25) is 0 Å². The van der Waals surface area contributed by atoms with E-state index in [9.17, 15) is 5.11 Å². The van der Waals surface area contributed by atoms with Gasteiger partial charge in [0.1, 0.15) is 23.9 Å². The monoisotopic (exact) mass is 397 g/mol. The van der Waals surface area contributed by atoms with Crippen LogP contribution in [0.25, 0.3) is 10.9 Å². The number of nitrogens with one attached hydrogen (secondary N) is 1. The summed E-state index contributed by atoms with van der Waals surface area (Å²) in [5.41, 5.74) is 0.909. The van der Waals surface area contributed by atoms with Gasteiger partial charge in [0, 0.05) is 17.2 Å². The maximum absolute atomic E-state index is 10.3. The molecule has 0 aliphatic heterocycles. The van der Waals surface area contributed by atoms with Crippen molar-refractivity contribution in [1.29, 1.82) is 0 Å². The summed E-state index contributed by atoms with van der Waals surface area (Å²) >= 11 is 1.43. The highest BCUT2D eigenvalue weighted by atomic mass is 32.2. The van der Waals surface area contributed by atoms with Crippen LogP contribution in [-0.4, -0.2) is 46.7 Å². The van der Waals surface area contributed by atoms with Crippen molar-refractivity contribution in [2.24, 2.45) is 0 Å². The highest BCUT2D eigenvalue weighted by Crippen LogP contribution is 2.30. The van der Waals surface area contributed by atoms with Crippen LogP contribution in [0.3, 0.4) is 0 Å². The number of nitrogens with zero attached hydrogens (tertiary/aromatic N) is 2. The van der Waals surface area contributed by atoms with E-state index in [1.54, 1.807) is 7.11 Å². The second-order valence-electron chi connectivity index (χ2n) is 6.74. The number of rotatable bonds is 9. The Morgan fingerprint density at radius 2 is 1.86 bits per heavy atom. The maximum Gasteiger partial charge on any atom is 0.190 e. The first-order chi connectivity index (χ1) is 13.7. The molecule has 1 fully saturated rings. The molecule has 6 nitrogen and oxygen atoms in total. The van der Waals surface area contributed by atoms with Gasteiger partial charge < -0.3 is 19.9 Å². The number of benzene rings is 2. The van der Waals surface area contributed by atoms with Gasteiger partial charge in [-0.15, -0.1) is 0 Å². The summed E-state index contributed by atoms with van der Waals surface area (Å²) in [5, 5.41) is 15.4. The summed E-state index contributed by atoms with van der Waals surface area (Å²) in [6, 6.07) is 15.8. The Morgan fingerprint density at radius 1 is 1.11 bits per heavy atom. The highest BCUT2D eigenvalue weighted by Gasteiger charge is 2.23. The second kappa shape index (κ2) is 8.67. The molecule has 3 aromatic rings. The standard InChI is InChI=1S/C21H23N3O3S/c1-26-16-8-10-17(11-9-16)27-12-15(25)13-28-21-23-19-5-3-2-4-18(19)20(24-21)22-14-6-7-14/h2-5,8-11,14-15,25H,6-7,12-13H2,1H3,(H,22,23,24)/t15-/m0/s1. The molecule has 7 heteroatoms. The number of anilines is 1. The molecule has 1 aromatic heterocycles. The number of hydrogen-bond donors (Lipinski definition) is 2. The first-order valence-corrected chi connectivity index (χ1v) is 10.3. The number of ether oxygens (including phenoxy) is 2. The lowest BCUT2D eigenvalue weighted by molar-refractivity contribution is 0.126. The number of methoxy groups -OCH3 is 1. The minimum absolute atomic E-state index is 0.208. The van der Waals surface area contributed by atoms with Crippen LogP contribution in [0, 0.1) is 0 Å². The van der Waals surface area contributed by atoms with Crippen LogP contribution in [0.2, 0.25) is 0 Å². The number of para-hydroxylation sites is 1. The molecule has 0 unspecified atom stereocenters. The molecular weight excluding hydrogens is 374 g/mol. The van der Waals surface area contributed by atoms with Crippen molar-refractivity contribution in [2.75, 3.05) is 24.8 Å². The van der Waals surface area contributed by atoms with Gasteiger partial charge in [0.15, 0.2) is 5.16 Å². The number of aliphatic hydroxyl groups excluding tert-OH is 1. The molecular formula is C21H23N3O3S. The first kappa shape index (κ1) is 18.8. The average Bonchev–Trinajstić information content (AvgIpc) is 3.55. The molecule has 0 amide bonds. The predicted octanol–water partition coefficient (Wildman–Crippen LogP) is 3.74. The number of fused-ring (bicyclic) bond motifs is 1. The molecule has 1 heterocycles. The van der Waals surface area contributed by atoms with Crippen molar-refractivity contribution in [3.63, 3.8) is 0 Å². The Bertz CT molecular complexity index is 932. The van der Waals surface area contributed by atoms with E-state index in [-0.39, 0.29) is 6.61 Å². The molecule has 1 atom stereocenters. The third-order valence-corrected chi connectivity index (χ3v) is 5.40. The van der Waals surface area contributed by atoms with E-state index < -0.39 is 6.10 Å². The lowest BCUT2D eigenvalue weighted by Gasteiger charge is -2.13. The molecule has 0 spiro atoms. The van der Waals surface area contributed by atoms with Gasteiger partial charge in [-0.25, -0.2) is 9.97 Å². The number of thioether (sulfide) groups is 1. The van der Waals surface area contributed by atoms with Crippen LogP contribution < -0.4 is 14.8 Å². The van der Waals surface area contributed by atoms with Crippen molar-refractivity contribution in [3.8, 4) is 11.5 Å². The molecule has 1 aliphatic rings. The third-order valence-electron chi connectivity index (χ3n) is 4.41. The molecule has 28 heavy (non-hydrogen) atoms. The van der Waals surface area contributed by atoms with Crippen molar-refractivity contribution in [2.45, 2.75) is 30.1 Å². The van der Waals surface area contributed by atoms with Crippen LogP contribution in [0.15, 0.2) is 53.7 Å². The molecule has 146 valence electrons. The lowest BCUT2D eigenvalue weighted by Crippen LogP contribution is -2.20. The molecule has 0 saturated heterocycles. The highest BCUT2D eigenvalue weighted by molar-refractivity contribution is 7.99. The van der Waals surface area contributed by atoms with Crippen molar-refractivity contribution >= 4 is 28.5 Å². The second-order valence-corrected chi connectivity index (χ2v) is 7.73. The molecule has 0 radical (unpaired) electrons. The average molecular weight is 398 g/mol. The smallest absolute Gasteiger partial charge is 0.190 e. The first-order valence-electron chi connectivity index (χ1n) is 9.32. The molecule has 2 aromatic carbocycles. The van der Waals surface area contributed by atoms with E-state index in [0.717, 1.165) is 22.5 Å². The van der Waals surface area contributed by atoms with Gasteiger partial charge in [0.25, 0.3) is 0 Å².